The van der Waals surface area contributed by atoms with Gasteiger partial charge in [0.2, 0.25) is 5.91 Å². The molecule has 1 aliphatic heterocycles. The van der Waals surface area contributed by atoms with Gasteiger partial charge in [-0.15, -0.1) is 4.80 Å². The van der Waals surface area contributed by atoms with Crippen molar-refractivity contribution in [1.82, 2.24) is 29.0 Å². The van der Waals surface area contributed by atoms with E-state index in [9.17, 15) is 23.9 Å². The Balaban J connectivity index is 1.76. The van der Waals surface area contributed by atoms with Gasteiger partial charge in [0, 0.05) is 24.2 Å². The lowest BCUT2D eigenvalue weighted by Crippen LogP contribution is -2.45. The smallest absolute Gasteiger partial charge is 0.332 e. The highest BCUT2D eigenvalue weighted by atomic mass is 32.1. The minimum absolute atomic E-state index is 0.0969. The highest BCUT2D eigenvalue weighted by Crippen LogP contribution is 2.34. The third-order valence-electron chi connectivity index (χ3n) is 7.08. The minimum Gasteiger partial charge on any atom is -0.496 e. The maximum absolute atomic E-state index is 14.4. The third kappa shape index (κ3) is 4.71. The molecule has 14 heteroatoms. The molecule has 1 fully saturated rings. The van der Waals surface area contributed by atoms with Crippen LogP contribution >= 0.6 is 11.3 Å². The number of benzene rings is 1. The summed E-state index contributed by atoms with van der Waals surface area (Å²) in [5.41, 5.74) is -0.387. The van der Waals surface area contributed by atoms with E-state index in [0.717, 1.165) is 15.9 Å². The van der Waals surface area contributed by atoms with Crippen molar-refractivity contribution in [2.45, 2.75) is 39.0 Å². The number of amides is 1. The number of carbonyl (C=O) groups excluding carboxylic acids is 1. The molecule has 12 nitrogen and oxygen atoms in total. The highest BCUT2D eigenvalue weighted by Gasteiger charge is 2.36. The number of rotatable bonds is 10. The quantitative estimate of drug-likeness (QED) is 0.304. The molecule has 2 atom stereocenters. The average molecular weight is 573 g/mol. The van der Waals surface area contributed by atoms with E-state index < -0.39 is 29.2 Å². The summed E-state index contributed by atoms with van der Waals surface area (Å²) in [6.07, 6.45) is 2.37. The Kier molecular flexibility index (Phi) is 7.83. The summed E-state index contributed by atoms with van der Waals surface area (Å²) in [6, 6.07) is 2.98. The van der Waals surface area contributed by atoms with Crippen LogP contribution in [-0.2, 0) is 16.1 Å². The fraction of sp³-hybridized carbons (Fsp3) is 0.423. The molecule has 40 heavy (non-hydrogen) atoms. The van der Waals surface area contributed by atoms with E-state index in [4.69, 9.17) is 9.47 Å². The van der Waals surface area contributed by atoms with Gasteiger partial charge in [0.1, 0.15) is 33.5 Å². The fourth-order valence-electron chi connectivity index (χ4n) is 5.13. The van der Waals surface area contributed by atoms with Gasteiger partial charge in [-0.3, -0.25) is 14.2 Å². The summed E-state index contributed by atoms with van der Waals surface area (Å²) < 4.78 is 28.1. The molecule has 4 heterocycles. The van der Waals surface area contributed by atoms with E-state index in [2.05, 4.69) is 10.2 Å². The maximum atomic E-state index is 14.4. The molecule has 1 aliphatic rings. The lowest BCUT2D eigenvalue weighted by molar-refractivity contribution is -0.130. The van der Waals surface area contributed by atoms with E-state index in [1.54, 1.807) is 11.8 Å². The SMILES string of the molecule is CCN1CCC(n2c(=O)c3c(C)c(-n4nccn4)sc3n(C[C@H](OCCO)c3cc(F)ccc3OC)c2=O)C1=O. The summed E-state index contributed by atoms with van der Waals surface area (Å²) in [7, 11) is 1.43. The van der Waals surface area contributed by atoms with Gasteiger partial charge < -0.3 is 19.5 Å². The lowest BCUT2D eigenvalue weighted by Gasteiger charge is -2.23. The van der Waals surface area contributed by atoms with E-state index in [-0.39, 0.29) is 31.1 Å². The molecule has 0 saturated carbocycles. The van der Waals surface area contributed by atoms with Crippen molar-refractivity contribution in [3.63, 3.8) is 0 Å². The van der Waals surface area contributed by atoms with Crippen LogP contribution < -0.4 is 16.0 Å². The van der Waals surface area contributed by atoms with Gasteiger partial charge in [-0.25, -0.2) is 13.8 Å². The number of nitrogens with zero attached hydrogens (tertiary/aromatic N) is 6. The average Bonchev–Trinajstić information content (AvgIpc) is 3.68. The number of aromatic nitrogens is 5. The van der Waals surface area contributed by atoms with Gasteiger partial charge in [0.15, 0.2) is 0 Å². The van der Waals surface area contributed by atoms with Crippen molar-refractivity contribution in [2.75, 3.05) is 33.4 Å². The molecule has 0 radical (unpaired) electrons. The Morgan fingerprint density at radius 1 is 1.23 bits per heavy atom. The number of fused-ring (bicyclic) bond motifs is 1. The Hall–Kier alpha value is -3.88. The number of ether oxygens (including phenoxy) is 2. The van der Waals surface area contributed by atoms with E-state index >= 15 is 0 Å². The van der Waals surface area contributed by atoms with Crippen LogP contribution in [0.2, 0.25) is 0 Å². The Morgan fingerprint density at radius 2 is 1.98 bits per heavy atom. The fourth-order valence-corrected chi connectivity index (χ4v) is 6.35. The molecule has 1 saturated heterocycles. The molecule has 212 valence electrons. The second-order valence-electron chi connectivity index (χ2n) is 9.29. The number of hydrogen-bond acceptors (Lipinski definition) is 9. The van der Waals surface area contributed by atoms with Crippen LogP contribution in [0.25, 0.3) is 15.2 Å². The molecule has 1 aromatic carbocycles. The van der Waals surface area contributed by atoms with Crippen molar-refractivity contribution in [3.8, 4) is 10.8 Å². The van der Waals surface area contributed by atoms with E-state index in [1.807, 2.05) is 6.92 Å². The van der Waals surface area contributed by atoms with Crippen LogP contribution in [0.4, 0.5) is 4.39 Å². The van der Waals surface area contributed by atoms with Gasteiger partial charge in [-0.1, -0.05) is 11.3 Å². The topological polar surface area (TPSA) is 134 Å². The minimum atomic E-state index is -0.957. The number of aliphatic hydroxyl groups excluding tert-OH is 1. The van der Waals surface area contributed by atoms with Crippen molar-refractivity contribution in [2.24, 2.45) is 0 Å². The Labute approximate surface area is 231 Å². The normalized spacial score (nSPS) is 16.3. The van der Waals surface area contributed by atoms with E-state index in [1.165, 1.54) is 47.1 Å². The monoisotopic (exact) mass is 572 g/mol. The molecule has 4 aromatic rings. The van der Waals surface area contributed by atoms with Crippen molar-refractivity contribution in [1.29, 1.82) is 0 Å². The van der Waals surface area contributed by atoms with Crippen LogP contribution in [0.1, 0.15) is 36.6 Å². The largest absolute Gasteiger partial charge is 0.496 e. The predicted molar refractivity (Wildman–Crippen MR) is 145 cm³/mol. The summed E-state index contributed by atoms with van der Waals surface area (Å²) in [5.74, 6) is -0.504. The van der Waals surface area contributed by atoms with Crippen molar-refractivity contribution >= 4 is 27.5 Å². The van der Waals surface area contributed by atoms with Gasteiger partial charge in [0.25, 0.3) is 5.56 Å². The first-order valence-electron chi connectivity index (χ1n) is 12.8. The Morgan fingerprint density at radius 3 is 2.62 bits per heavy atom. The van der Waals surface area contributed by atoms with Gasteiger partial charge in [-0.2, -0.15) is 10.2 Å². The van der Waals surface area contributed by atoms with Crippen LogP contribution in [0.5, 0.6) is 5.75 Å². The summed E-state index contributed by atoms with van der Waals surface area (Å²) >= 11 is 1.15. The lowest BCUT2D eigenvalue weighted by atomic mass is 10.1. The number of methoxy groups -OCH3 is 1. The zero-order valence-corrected chi connectivity index (χ0v) is 23.1. The number of aliphatic hydroxyl groups is 1. The van der Waals surface area contributed by atoms with Crippen molar-refractivity contribution in [3.05, 3.63) is 68.4 Å². The summed E-state index contributed by atoms with van der Waals surface area (Å²) in [6.45, 7) is 3.91. The standard InChI is InChI=1S/C26H29FN6O6S/c1-4-30-10-7-18(22(30)35)32-23(36)21-15(2)24(33-28-8-9-29-33)40-25(21)31(26(32)37)14-20(39-12-11-34)17-13-16(27)5-6-19(17)38-3/h5-6,8-9,13,18,20,34H,4,7,10-12,14H2,1-3H3/t18?,20-/m0/s1. The molecule has 1 amide bonds. The number of carbonyl (C=O) groups is 1. The van der Waals surface area contributed by atoms with Crippen LogP contribution in [-0.4, -0.2) is 73.5 Å². The number of hydrogen-bond donors (Lipinski definition) is 1. The van der Waals surface area contributed by atoms with Crippen molar-refractivity contribution < 1.29 is 23.8 Å². The predicted octanol–water partition coefficient (Wildman–Crippen LogP) is 1.81. The molecule has 5 rings (SSSR count). The molecular weight excluding hydrogens is 543 g/mol. The highest BCUT2D eigenvalue weighted by molar-refractivity contribution is 7.21. The van der Waals surface area contributed by atoms with E-state index in [0.29, 0.717) is 46.2 Å². The second-order valence-corrected chi connectivity index (χ2v) is 10.3. The number of likely N-dealkylation sites (N-methyl/N-ethyl adjacent to an activating group) is 1. The molecule has 1 unspecified atom stereocenters. The molecule has 3 aromatic heterocycles. The number of halogens is 1. The first kappa shape index (κ1) is 27.7. The van der Waals surface area contributed by atoms with Crippen LogP contribution in [0.15, 0.2) is 40.2 Å². The van der Waals surface area contributed by atoms with Crippen LogP contribution in [0, 0.1) is 12.7 Å². The molecular formula is C26H29FN6O6S. The summed E-state index contributed by atoms with van der Waals surface area (Å²) in [5, 5.41) is 18.6. The van der Waals surface area contributed by atoms with Gasteiger partial charge >= 0.3 is 5.69 Å². The van der Waals surface area contributed by atoms with Gasteiger partial charge in [0.05, 0.1) is 44.6 Å². The summed E-state index contributed by atoms with van der Waals surface area (Å²) in [4.78, 5) is 44.5. The van der Waals surface area contributed by atoms with Crippen LogP contribution in [0.3, 0.4) is 0 Å². The number of likely N-dealkylation sites (tertiary alicyclic amines) is 1. The molecule has 0 spiro atoms. The molecule has 0 bridgehead atoms. The first-order valence-corrected chi connectivity index (χ1v) is 13.6. The molecule has 1 N–H and O–H groups in total. The third-order valence-corrected chi connectivity index (χ3v) is 8.36. The first-order chi connectivity index (χ1) is 19.3. The maximum Gasteiger partial charge on any atom is 0.332 e. The molecule has 0 aliphatic carbocycles. The second kappa shape index (κ2) is 11.3. The number of aryl methyl sites for hydroxylation is 1. The Bertz CT molecular complexity index is 1660. The zero-order chi connectivity index (χ0) is 28.6. The van der Waals surface area contributed by atoms with Gasteiger partial charge in [-0.05, 0) is 38.5 Å². The zero-order valence-electron chi connectivity index (χ0n) is 22.2. The number of thiophene rings is 1.